The molecule has 0 aromatic heterocycles. The van der Waals surface area contributed by atoms with E-state index in [1.807, 2.05) is 66.5 Å². The third kappa shape index (κ3) is 1.45. The van der Waals surface area contributed by atoms with Crippen LogP contribution in [0, 0.1) is 0 Å². The molecule has 0 saturated heterocycles. The van der Waals surface area contributed by atoms with E-state index in [2.05, 4.69) is 0 Å². The number of anilines is 1. The van der Waals surface area contributed by atoms with Gasteiger partial charge in [-0.15, -0.1) is 0 Å². The highest BCUT2D eigenvalue weighted by molar-refractivity contribution is 6.13. The van der Waals surface area contributed by atoms with E-state index in [-0.39, 0.29) is 5.78 Å². The molecule has 0 saturated carbocycles. The van der Waals surface area contributed by atoms with Crippen LogP contribution in [0.3, 0.4) is 0 Å². The second-order valence-corrected chi connectivity index (χ2v) is 4.62. The molecule has 96 valence electrons. The van der Waals surface area contributed by atoms with Crippen molar-refractivity contribution in [1.82, 2.24) is 0 Å². The lowest BCUT2D eigenvalue weighted by molar-refractivity contribution is 0.00446. The number of fused-ring (bicyclic) bond motifs is 1. The van der Waals surface area contributed by atoms with E-state index in [1.54, 1.807) is 7.11 Å². The second kappa shape index (κ2) is 4.21. The van der Waals surface area contributed by atoms with Crippen LogP contribution in [0.1, 0.15) is 15.9 Å². The third-order valence-corrected chi connectivity index (χ3v) is 3.75. The molecular weight excluding hydrogens is 238 g/mol. The van der Waals surface area contributed by atoms with Crippen LogP contribution in [0.4, 0.5) is 5.69 Å². The Bertz CT molecular complexity index is 624. The normalized spacial score (nSPS) is 21.6. The summed E-state index contributed by atoms with van der Waals surface area (Å²) in [6, 6.07) is 17.2. The minimum absolute atomic E-state index is 0.0145. The molecule has 0 fully saturated rings. The highest BCUT2D eigenvalue weighted by Gasteiger charge is 2.51. The fourth-order valence-corrected chi connectivity index (χ4v) is 2.80. The summed E-state index contributed by atoms with van der Waals surface area (Å²) in [6.07, 6.45) is 0. The Kier molecular flexibility index (Phi) is 2.64. The van der Waals surface area contributed by atoms with E-state index < -0.39 is 5.72 Å². The molecule has 2 aromatic carbocycles. The van der Waals surface area contributed by atoms with E-state index in [1.165, 1.54) is 0 Å². The highest BCUT2D eigenvalue weighted by atomic mass is 16.5. The summed E-state index contributed by atoms with van der Waals surface area (Å²) in [6.45, 7) is 0. The summed E-state index contributed by atoms with van der Waals surface area (Å²) < 4.78 is 5.67. The number of carbonyl (C=O) groups excluding carboxylic acids is 1. The standard InChI is InChI=1S/C16H15NO2/c1-17-14-11-7-6-10-13(14)15(18)16(17,19-2)12-8-4-3-5-9-12/h3-11H,1-2H3. The molecule has 3 heteroatoms. The molecule has 0 spiro atoms. The molecule has 19 heavy (non-hydrogen) atoms. The summed E-state index contributed by atoms with van der Waals surface area (Å²) in [7, 11) is 3.47. The Labute approximate surface area is 112 Å². The molecule has 0 amide bonds. The lowest BCUT2D eigenvalue weighted by atomic mass is 9.96. The number of nitrogens with zero attached hydrogens (tertiary/aromatic N) is 1. The van der Waals surface area contributed by atoms with E-state index >= 15 is 0 Å². The molecule has 0 bridgehead atoms. The maximum absolute atomic E-state index is 12.8. The number of rotatable bonds is 2. The van der Waals surface area contributed by atoms with E-state index in [0.29, 0.717) is 5.56 Å². The Hall–Kier alpha value is -2.13. The zero-order valence-electron chi connectivity index (χ0n) is 11.0. The average Bonchev–Trinajstić information content (AvgIpc) is 2.70. The van der Waals surface area contributed by atoms with Gasteiger partial charge in [0.25, 0.3) is 0 Å². The van der Waals surface area contributed by atoms with Crippen molar-refractivity contribution in [3.8, 4) is 0 Å². The van der Waals surface area contributed by atoms with Gasteiger partial charge >= 0.3 is 0 Å². The van der Waals surface area contributed by atoms with Crippen LogP contribution >= 0.6 is 0 Å². The SMILES string of the molecule is COC1(c2ccccc2)C(=O)c2ccccc2N1C. The number of ether oxygens (including phenoxy) is 1. The van der Waals surface area contributed by atoms with Gasteiger partial charge in [0, 0.05) is 25.3 Å². The summed E-state index contributed by atoms with van der Waals surface area (Å²) in [5.41, 5.74) is 1.40. The second-order valence-electron chi connectivity index (χ2n) is 4.62. The summed E-state index contributed by atoms with van der Waals surface area (Å²) in [5, 5.41) is 0. The first-order valence-electron chi connectivity index (χ1n) is 6.20. The van der Waals surface area contributed by atoms with Crippen LogP contribution < -0.4 is 4.90 Å². The van der Waals surface area contributed by atoms with Gasteiger partial charge in [-0.25, -0.2) is 0 Å². The highest BCUT2D eigenvalue weighted by Crippen LogP contribution is 2.44. The maximum atomic E-state index is 12.8. The van der Waals surface area contributed by atoms with Crippen molar-refractivity contribution in [2.45, 2.75) is 5.72 Å². The molecule has 3 nitrogen and oxygen atoms in total. The number of para-hydroxylation sites is 1. The van der Waals surface area contributed by atoms with Crippen LogP contribution in [-0.4, -0.2) is 19.9 Å². The van der Waals surface area contributed by atoms with Crippen molar-refractivity contribution < 1.29 is 9.53 Å². The van der Waals surface area contributed by atoms with E-state index in [9.17, 15) is 4.79 Å². The van der Waals surface area contributed by atoms with E-state index in [0.717, 1.165) is 11.3 Å². The van der Waals surface area contributed by atoms with Crippen LogP contribution in [0.2, 0.25) is 0 Å². The van der Waals surface area contributed by atoms with Crippen molar-refractivity contribution in [2.24, 2.45) is 0 Å². The molecule has 1 heterocycles. The largest absolute Gasteiger partial charge is 0.348 e. The first-order valence-corrected chi connectivity index (χ1v) is 6.20. The molecular formula is C16H15NO2. The topological polar surface area (TPSA) is 29.5 Å². The van der Waals surface area contributed by atoms with Crippen LogP contribution in [-0.2, 0) is 10.5 Å². The van der Waals surface area contributed by atoms with Crippen molar-refractivity contribution >= 4 is 11.5 Å². The number of ketones is 1. The molecule has 0 radical (unpaired) electrons. The monoisotopic (exact) mass is 253 g/mol. The molecule has 3 rings (SSSR count). The molecule has 2 aromatic rings. The quantitative estimate of drug-likeness (QED) is 0.824. The number of carbonyl (C=O) groups is 1. The third-order valence-electron chi connectivity index (χ3n) is 3.75. The molecule has 0 N–H and O–H groups in total. The molecule has 1 aliphatic heterocycles. The Morgan fingerprint density at radius 1 is 1.00 bits per heavy atom. The number of benzene rings is 2. The zero-order valence-corrected chi connectivity index (χ0v) is 11.0. The van der Waals surface area contributed by atoms with Crippen molar-refractivity contribution in [3.63, 3.8) is 0 Å². The predicted molar refractivity (Wildman–Crippen MR) is 74.3 cm³/mol. The molecule has 1 atom stereocenters. The zero-order chi connectivity index (χ0) is 13.5. The fourth-order valence-electron chi connectivity index (χ4n) is 2.80. The molecule has 1 aliphatic rings. The Morgan fingerprint density at radius 2 is 1.63 bits per heavy atom. The number of Topliss-reactive ketones (excluding diaryl/α,β-unsaturated/α-hetero) is 1. The number of likely N-dealkylation sites (N-methyl/N-ethyl adjacent to an activating group) is 1. The van der Waals surface area contributed by atoms with Gasteiger partial charge in [0.15, 0.2) is 0 Å². The minimum Gasteiger partial charge on any atom is -0.348 e. The average molecular weight is 253 g/mol. The lowest BCUT2D eigenvalue weighted by Crippen LogP contribution is -2.47. The van der Waals surface area contributed by atoms with Crippen LogP contribution in [0.25, 0.3) is 0 Å². The molecule has 0 aliphatic carbocycles. The first kappa shape index (κ1) is 11.9. The predicted octanol–water partition coefficient (Wildman–Crippen LogP) is 2.82. The van der Waals surface area contributed by atoms with Crippen LogP contribution in [0.5, 0.6) is 0 Å². The van der Waals surface area contributed by atoms with Gasteiger partial charge < -0.3 is 9.64 Å². The van der Waals surface area contributed by atoms with Gasteiger partial charge in [0.1, 0.15) is 0 Å². The molecule has 1 unspecified atom stereocenters. The Morgan fingerprint density at radius 3 is 2.26 bits per heavy atom. The van der Waals surface area contributed by atoms with Gasteiger partial charge in [-0.3, -0.25) is 4.79 Å². The van der Waals surface area contributed by atoms with Crippen molar-refractivity contribution in [1.29, 1.82) is 0 Å². The number of hydrogen-bond acceptors (Lipinski definition) is 3. The minimum atomic E-state index is -1.05. The summed E-state index contributed by atoms with van der Waals surface area (Å²) in [5.74, 6) is -0.0145. The first-order chi connectivity index (χ1) is 9.21. The van der Waals surface area contributed by atoms with Gasteiger partial charge in [-0.05, 0) is 12.1 Å². The van der Waals surface area contributed by atoms with Crippen molar-refractivity contribution in [2.75, 3.05) is 19.1 Å². The van der Waals surface area contributed by atoms with Crippen molar-refractivity contribution in [3.05, 3.63) is 65.7 Å². The van der Waals surface area contributed by atoms with E-state index in [4.69, 9.17) is 4.74 Å². The summed E-state index contributed by atoms with van der Waals surface area (Å²) in [4.78, 5) is 14.7. The van der Waals surface area contributed by atoms with Gasteiger partial charge in [0.2, 0.25) is 11.5 Å². The van der Waals surface area contributed by atoms with Gasteiger partial charge in [0.05, 0.1) is 5.69 Å². The van der Waals surface area contributed by atoms with Gasteiger partial charge in [-0.1, -0.05) is 42.5 Å². The van der Waals surface area contributed by atoms with Crippen LogP contribution in [0.15, 0.2) is 54.6 Å². The maximum Gasteiger partial charge on any atom is 0.232 e. The number of hydrogen-bond donors (Lipinski definition) is 0. The Balaban J connectivity index is 2.23. The van der Waals surface area contributed by atoms with Gasteiger partial charge in [-0.2, -0.15) is 0 Å². The fraction of sp³-hybridized carbons (Fsp3) is 0.188. The summed E-state index contributed by atoms with van der Waals surface area (Å²) >= 11 is 0. The lowest BCUT2D eigenvalue weighted by Gasteiger charge is -2.35. The smallest absolute Gasteiger partial charge is 0.232 e. The number of methoxy groups -OCH3 is 1.